The molecule has 5 N–H and O–H groups in total. The maximum atomic E-state index is 14.5. The largest absolute Gasteiger partial charge is 0.489 e. The number of H-pyrrole nitrogens is 1. The molecule has 39 heavy (non-hydrogen) atoms. The molecule has 0 spiro atoms. The maximum absolute atomic E-state index is 14.5. The lowest BCUT2D eigenvalue weighted by Crippen LogP contribution is -2.52. The normalized spacial score (nSPS) is 18.3. The Labute approximate surface area is 218 Å². The summed E-state index contributed by atoms with van der Waals surface area (Å²) < 4.78 is 62.6. The summed E-state index contributed by atoms with van der Waals surface area (Å²) in [5.74, 6) is -2.48. The highest BCUT2D eigenvalue weighted by molar-refractivity contribution is 5.94. The number of nitrogens with one attached hydrogen (secondary N) is 2. The van der Waals surface area contributed by atoms with Gasteiger partial charge in [-0.2, -0.15) is 13.2 Å². The van der Waals surface area contributed by atoms with Crippen molar-refractivity contribution in [1.29, 1.82) is 0 Å². The molecule has 0 unspecified atom stereocenters. The summed E-state index contributed by atoms with van der Waals surface area (Å²) in [5.41, 5.74) is -0.482. The van der Waals surface area contributed by atoms with Crippen LogP contribution in [-0.4, -0.2) is 51.2 Å². The topological polar surface area (TPSA) is 143 Å². The molecule has 5 rings (SSSR count). The Kier molecular flexibility index (Phi) is 6.06. The molecule has 4 heterocycles. The Morgan fingerprint density at radius 1 is 1.15 bits per heavy atom. The predicted molar refractivity (Wildman–Crippen MR) is 130 cm³/mol. The molecule has 9 nitrogen and oxygen atoms in total. The van der Waals surface area contributed by atoms with Gasteiger partial charge in [-0.1, -0.05) is 0 Å². The van der Waals surface area contributed by atoms with E-state index in [4.69, 9.17) is 10.5 Å². The number of hydrogen-bond acceptors (Lipinski definition) is 6. The van der Waals surface area contributed by atoms with E-state index in [1.54, 1.807) is 18.3 Å². The number of halogens is 4. The SMILES string of the molecule is C[C@]1(C(N)=O)COc2c1cc([C@@](O)(CNC(=O)c1ccc3cc[nH]c3n1)C(F)(F)F)nc2-c1ccc(F)cc1. The van der Waals surface area contributed by atoms with Gasteiger partial charge in [-0.15, -0.1) is 0 Å². The fraction of sp³-hybridized carbons (Fsp3) is 0.231. The molecule has 3 aromatic heterocycles. The van der Waals surface area contributed by atoms with Crippen LogP contribution in [0.5, 0.6) is 5.75 Å². The van der Waals surface area contributed by atoms with Gasteiger partial charge in [0.15, 0.2) is 0 Å². The zero-order valence-corrected chi connectivity index (χ0v) is 20.3. The first-order chi connectivity index (χ1) is 18.3. The number of rotatable bonds is 6. The van der Waals surface area contributed by atoms with Crippen LogP contribution < -0.4 is 15.8 Å². The van der Waals surface area contributed by atoms with Gasteiger partial charge in [0, 0.05) is 22.7 Å². The molecule has 0 saturated carbocycles. The third-order valence-corrected chi connectivity index (χ3v) is 6.77. The van der Waals surface area contributed by atoms with Crippen LogP contribution in [0.1, 0.15) is 28.7 Å². The second kappa shape index (κ2) is 9.05. The number of aliphatic hydroxyl groups is 1. The molecule has 13 heteroatoms. The first-order valence-electron chi connectivity index (χ1n) is 11.6. The molecular weight excluding hydrogens is 522 g/mol. The van der Waals surface area contributed by atoms with Crippen molar-refractivity contribution in [2.75, 3.05) is 13.2 Å². The standard InChI is InChI=1S/C26H21F4N5O4/c1-24(23(31)37)12-39-20-16(24)10-18(35-19(20)13-2-5-15(27)6-3-13)25(38,26(28,29)30)11-33-22(36)17-7-4-14-8-9-32-21(14)34-17/h2-10,38H,11-12H2,1H3,(H2,31,37)(H,32,34)(H,33,36)/t24-,25-/m0/s1. The summed E-state index contributed by atoms with van der Waals surface area (Å²) in [6, 6.07) is 10.2. The zero-order valence-electron chi connectivity index (χ0n) is 20.3. The number of fused-ring (bicyclic) bond motifs is 2. The van der Waals surface area contributed by atoms with E-state index in [1.807, 2.05) is 0 Å². The summed E-state index contributed by atoms with van der Waals surface area (Å²) in [7, 11) is 0. The molecule has 1 aliphatic rings. The summed E-state index contributed by atoms with van der Waals surface area (Å²) in [6.07, 6.45) is -3.75. The molecule has 0 fully saturated rings. The van der Waals surface area contributed by atoms with Crippen molar-refractivity contribution < 1.29 is 37.0 Å². The van der Waals surface area contributed by atoms with Gasteiger partial charge >= 0.3 is 6.18 Å². The van der Waals surface area contributed by atoms with Crippen LogP contribution >= 0.6 is 0 Å². The number of carbonyl (C=O) groups excluding carboxylic acids is 2. The molecule has 202 valence electrons. The van der Waals surface area contributed by atoms with Gasteiger partial charge in [0.1, 0.15) is 40.6 Å². The van der Waals surface area contributed by atoms with Gasteiger partial charge in [0.25, 0.3) is 5.91 Å². The molecule has 0 radical (unpaired) electrons. The van der Waals surface area contributed by atoms with Crippen molar-refractivity contribution >= 4 is 22.8 Å². The zero-order chi connectivity index (χ0) is 28.2. The minimum atomic E-state index is -5.33. The number of carbonyl (C=O) groups is 2. The quantitative estimate of drug-likeness (QED) is 0.275. The summed E-state index contributed by atoms with van der Waals surface area (Å²) >= 11 is 0. The lowest BCUT2D eigenvalue weighted by atomic mass is 9.81. The number of primary amides is 1. The number of alkyl halides is 3. The van der Waals surface area contributed by atoms with Gasteiger partial charge in [-0.25, -0.2) is 14.4 Å². The fourth-order valence-corrected chi connectivity index (χ4v) is 4.29. The maximum Gasteiger partial charge on any atom is 0.424 e. The Morgan fingerprint density at radius 2 is 1.87 bits per heavy atom. The minimum absolute atomic E-state index is 0.0244. The number of amides is 2. The van der Waals surface area contributed by atoms with Crippen LogP contribution in [0.2, 0.25) is 0 Å². The molecule has 0 bridgehead atoms. The van der Waals surface area contributed by atoms with Crippen LogP contribution in [-0.2, 0) is 15.8 Å². The van der Waals surface area contributed by atoms with Gasteiger partial charge in [-0.05, 0) is 55.5 Å². The van der Waals surface area contributed by atoms with Crippen molar-refractivity contribution in [1.82, 2.24) is 20.3 Å². The number of pyridine rings is 2. The van der Waals surface area contributed by atoms with E-state index in [-0.39, 0.29) is 34.9 Å². The lowest BCUT2D eigenvalue weighted by molar-refractivity contribution is -0.265. The van der Waals surface area contributed by atoms with Crippen LogP contribution in [0.25, 0.3) is 22.3 Å². The second-order valence-corrected chi connectivity index (χ2v) is 9.38. The molecule has 1 aromatic carbocycles. The predicted octanol–water partition coefficient (Wildman–Crippen LogP) is 3.08. The van der Waals surface area contributed by atoms with Gasteiger partial charge in [-0.3, -0.25) is 9.59 Å². The number of hydrogen-bond donors (Lipinski definition) is 4. The Balaban J connectivity index is 1.59. The number of ether oxygens (including phenoxy) is 1. The van der Waals surface area contributed by atoms with E-state index in [0.29, 0.717) is 11.0 Å². The number of benzene rings is 1. The number of nitrogens with zero attached hydrogens (tertiary/aromatic N) is 2. The van der Waals surface area contributed by atoms with Crippen LogP contribution in [0.3, 0.4) is 0 Å². The van der Waals surface area contributed by atoms with Crippen LogP contribution in [0.4, 0.5) is 17.6 Å². The van der Waals surface area contributed by atoms with E-state index in [1.165, 1.54) is 25.1 Å². The highest BCUT2D eigenvalue weighted by Crippen LogP contribution is 2.47. The molecule has 0 aliphatic carbocycles. The van der Waals surface area contributed by atoms with Crippen LogP contribution in [0.15, 0.2) is 54.7 Å². The van der Waals surface area contributed by atoms with E-state index in [9.17, 15) is 32.3 Å². The first kappa shape index (κ1) is 26.1. The molecule has 2 atom stereocenters. The van der Waals surface area contributed by atoms with Crippen molar-refractivity contribution in [3.8, 4) is 17.0 Å². The second-order valence-electron chi connectivity index (χ2n) is 9.38. The van der Waals surface area contributed by atoms with Gasteiger partial charge in [0.05, 0.1) is 12.2 Å². The molecular formula is C26H21F4N5O4. The van der Waals surface area contributed by atoms with Crippen molar-refractivity contribution in [2.45, 2.75) is 24.1 Å². The van der Waals surface area contributed by atoms with Crippen molar-refractivity contribution in [3.63, 3.8) is 0 Å². The summed E-state index contributed by atoms with van der Waals surface area (Å²) in [4.78, 5) is 35.9. The number of aromatic amines is 1. The number of aromatic nitrogens is 3. The van der Waals surface area contributed by atoms with Gasteiger partial charge in [0.2, 0.25) is 11.5 Å². The number of nitrogens with two attached hydrogens (primary N) is 1. The monoisotopic (exact) mass is 543 g/mol. The van der Waals surface area contributed by atoms with Crippen LogP contribution in [0, 0.1) is 5.82 Å². The van der Waals surface area contributed by atoms with E-state index in [2.05, 4.69) is 20.3 Å². The average Bonchev–Trinajstić information content (AvgIpc) is 3.51. The third-order valence-electron chi connectivity index (χ3n) is 6.77. The average molecular weight is 543 g/mol. The molecule has 2 amide bonds. The highest BCUT2D eigenvalue weighted by atomic mass is 19.4. The highest BCUT2D eigenvalue weighted by Gasteiger charge is 2.57. The van der Waals surface area contributed by atoms with Crippen molar-refractivity contribution in [3.05, 3.63) is 77.5 Å². The van der Waals surface area contributed by atoms with Crippen molar-refractivity contribution in [2.24, 2.45) is 5.73 Å². The Morgan fingerprint density at radius 3 is 2.54 bits per heavy atom. The summed E-state index contributed by atoms with van der Waals surface area (Å²) in [5, 5.41) is 13.8. The van der Waals surface area contributed by atoms with E-state index >= 15 is 0 Å². The third kappa shape index (κ3) is 4.34. The molecule has 1 aliphatic heterocycles. The smallest absolute Gasteiger partial charge is 0.424 e. The first-order valence-corrected chi connectivity index (χ1v) is 11.6. The molecule has 0 saturated heterocycles. The Hall–Kier alpha value is -4.52. The Bertz CT molecular complexity index is 1600. The minimum Gasteiger partial charge on any atom is -0.489 e. The summed E-state index contributed by atoms with van der Waals surface area (Å²) in [6.45, 7) is -0.232. The molecule has 4 aromatic rings. The lowest BCUT2D eigenvalue weighted by Gasteiger charge is -2.31. The fourth-order valence-electron chi connectivity index (χ4n) is 4.29. The van der Waals surface area contributed by atoms with E-state index in [0.717, 1.165) is 18.2 Å². The van der Waals surface area contributed by atoms with E-state index < -0.39 is 47.1 Å². The van der Waals surface area contributed by atoms with Gasteiger partial charge < -0.3 is 25.9 Å².